The van der Waals surface area contributed by atoms with Crippen molar-refractivity contribution in [3.8, 4) is 0 Å². The minimum absolute atomic E-state index is 0.184. The lowest BCUT2D eigenvalue weighted by molar-refractivity contribution is -0.154. The number of carbonyl (C=O) groups is 1. The zero-order valence-corrected chi connectivity index (χ0v) is 20.5. The van der Waals surface area contributed by atoms with Crippen LogP contribution in [0.5, 0.6) is 0 Å². The summed E-state index contributed by atoms with van der Waals surface area (Å²) in [5, 5.41) is 10.6. The molecule has 2 fully saturated rings. The van der Waals surface area contributed by atoms with E-state index in [0.29, 0.717) is 19.4 Å². The average Bonchev–Trinajstić information content (AvgIpc) is 3.32. The zero-order chi connectivity index (χ0) is 23.1. The van der Waals surface area contributed by atoms with Gasteiger partial charge in [0, 0.05) is 6.42 Å². The maximum absolute atomic E-state index is 12.2. The molecule has 0 aromatic carbocycles. The third-order valence-corrected chi connectivity index (χ3v) is 6.93. The summed E-state index contributed by atoms with van der Waals surface area (Å²) in [7, 11) is 0. The molecule has 0 aromatic rings. The zero-order valence-electron chi connectivity index (χ0n) is 20.5. The van der Waals surface area contributed by atoms with Gasteiger partial charge in [0.15, 0.2) is 6.10 Å². The fourth-order valence-electron chi connectivity index (χ4n) is 4.96. The number of rotatable bonds is 19. The van der Waals surface area contributed by atoms with Crippen molar-refractivity contribution < 1.29 is 24.1 Å². The van der Waals surface area contributed by atoms with Crippen LogP contribution in [0.3, 0.4) is 0 Å². The van der Waals surface area contributed by atoms with Crippen molar-refractivity contribution in [1.29, 1.82) is 0 Å². The third kappa shape index (κ3) is 9.52. The fourth-order valence-corrected chi connectivity index (χ4v) is 4.96. The van der Waals surface area contributed by atoms with Crippen molar-refractivity contribution in [2.24, 2.45) is 0 Å². The Kier molecular flexibility index (Phi) is 13.5. The Morgan fingerprint density at radius 2 is 1.47 bits per heavy atom. The molecule has 0 saturated carbocycles. The van der Waals surface area contributed by atoms with Gasteiger partial charge in [0.05, 0.1) is 13.2 Å². The Bertz CT molecular complexity index is 522. The minimum atomic E-state index is -1.05. The van der Waals surface area contributed by atoms with Crippen molar-refractivity contribution in [2.75, 3.05) is 13.2 Å². The van der Waals surface area contributed by atoms with E-state index in [1.807, 2.05) is 0 Å². The van der Waals surface area contributed by atoms with Crippen molar-refractivity contribution in [3.63, 3.8) is 0 Å². The highest BCUT2D eigenvalue weighted by molar-refractivity contribution is 5.69. The molecule has 0 bridgehead atoms. The van der Waals surface area contributed by atoms with Crippen LogP contribution in [0.4, 0.5) is 0 Å². The highest BCUT2D eigenvalue weighted by atomic mass is 16.6. The number of ether oxygens (including phenoxy) is 3. The van der Waals surface area contributed by atoms with Gasteiger partial charge in [0.2, 0.25) is 0 Å². The average molecular weight is 453 g/mol. The number of hydrogen-bond acceptors (Lipinski definition) is 5. The van der Waals surface area contributed by atoms with Crippen molar-refractivity contribution in [2.45, 2.75) is 140 Å². The van der Waals surface area contributed by atoms with Gasteiger partial charge in [-0.3, -0.25) is 4.79 Å². The molecule has 2 aliphatic heterocycles. The second-order valence-electron chi connectivity index (χ2n) is 9.85. The van der Waals surface area contributed by atoms with Crippen LogP contribution >= 0.6 is 0 Å². The van der Waals surface area contributed by atoms with E-state index >= 15 is 0 Å². The maximum atomic E-state index is 12.2. The Morgan fingerprint density at radius 1 is 0.938 bits per heavy atom. The van der Waals surface area contributed by atoms with E-state index in [1.165, 1.54) is 83.5 Å². The highest BCUT2D eigenvalue weighted by Crippen LogP contribution is 2.37. The van der Waals surface area contributed by atoms with E-state index in [2.05, 4.69) is 13.5 Å². The van der Waals surface area contributed by atoms with E-state index in [9.17, 15) is 9.90 Å². The smallest absolute Gasteiger partial charge is 0.306 e. The van der Waals surface area contributed by atoms with E-state index in [4.69, 9.17) is 14.2 Å². The molecule has 0 aliphatic carbocycles. The van der Waals surface area contributed by atoms with Crippen LogP contribution in [0.2, 0.25) is 0 Å². The Balaban J connectivity index is 1.39. The molecule has 2 heterocycles. The summed E-state index contributed by atoms with van der Waals surface area (Å²) in [6.07, 6.45) is 20.9. The van der Waals surface area contributed by atoms with Gasteiger partial charge in [-0.1, -0.05) is 103 Å². The number of unbranched alkanes of at least 4 members (excludes halogenated alkanes) is 14. The van der Waals surface area contributed by atoms with Crippen LogP contribution in [0.25, 0.3) is 0 Å². The molecule has 1 N–H and O–H groups in total. The van der Waals surface area contributed by atoms with Crippen LogP contribution in [0.1, 0.15) is 116 Å². The number of hydrogen-bond donors (Lipinski definition) is 1. The first kappa shape index (κ1) is 27.3. The predicted octanol–water partition coefficient (Wildman–Crippen LogP) is 6.26. The number of carbonyl (C=O) groups excluding carboxylic acids is 1. The summed E-state index contributed by atoms with van der Waals surface area (Å²) in [5.74, 6) is -0.184. The first-order chi connectivity index (χ1) is 15.6. The SMILES string of the molecule is C=CC[C@]1(O)CO[C@@H]2[C@H](OC(=O)CCCCCCCCCCCCCCCCC)CO[C@@H]21. The van der Waals surface area contributed by atoms with Crippen LogP contribution in [0.15, 0.2) is 12.7 Å². The standard InChI is InChI=1S/C27H48O5/c1-3-5-6-7-8-9-10-11-12-13-14-15-16-17-18-19-24(28)32-23-21-30-26-25(23)31-22-27(26,29)20-4-2/h4,23,25-26,29H,2-3,5-22H2,1H3/t23-,25-,26+,27+/m1/s1. The van der Waals surface area contributed by atoms with E-state index in [-0.39, 0.29) is 18.7 Å². The molecular formula is C27H48O5. The predicted molar refractivity (Wildman–Crippen MR) is 129 cm³/mol. The molecule has 0 radical (unpaired) electrons. The van der Waals surface area contributed by atoms with Gasteiger partial charge in [-0.15, -0.1) is 6.58 Å². The molecule has 32 heavy (non-hydrogen) atoms. The van der Waals surface area contributed by atoms with E-state index < -0.39 is 17.8 Å². The molecule has 5 heteroatoms. The summed E-state index contributed by atoms with van der Waals surface area (Å²) < 4.78 is 17.0. The lowest BCUT2D eigenvalue weighted by atomic mass is 9.93. The van der Waals surface area contributed by atoms with Gasteiger partial charge in [0.25, 0.3) is 0 Å². The maximum Gasteiger partial charge on any atom is 0.306 e. The highest BCUT2D eigenvalue weighted by Gasteiger charge is 2.56. The largest absolute Gasteiger partial charge is 0.457 e. The first-order valence-electron chi connectivity index (χ1n) is 13.4. The van der Waals surface area contributed by atoms with E-state index in [1.54, 1.807) is 6.08 Å². The van der Waals surface area contributed by atoms with Crippen molar-refractivity contribution in [1.82, 2.24) is 0 Å². The molecule has 0 amide bonds. The molecule has 186 valence electrons. The summed E-state index contributed by atoms with van der Waals surface area (Å²) in [5.41, 5.74) is -1.05. The van der Waals surface area contributed by atoms with Gasteiger partial charge in [0.1, 0.15) is 17.8 Å². The van der Waals surface area contributed by atoms with Crippen LogP contribution < -0.4 is 0 Å². The molecule has 2 saturated heterocycles. The van der Waals surface area contributed by atoms with Gasteiger partial charge in [-0.2, -0.15) is 0 Å². The lowest BCUT2D eigenvalue weighted by Crippen LogP contribution is -2.43. The molecule has 0 aromatic heterocycles. The second kappa shape index (κ2) is 15.8. The molecule has 0 unspecified atom stereocenters. The quantitative estimate of drug-likeness (QED) is 0.142. The van der Waals surface area contributed by atoms with Gasteiger partial charge in [-0.05, 0) is 12.8 Å². The van der Waals surface area contributed by atoms with Crippen LogP contribution in [-0.2, 0) is 19.0 Å². The normalized spacial score (nSPS) is 26.9. The number of fused-ring (bicyclic) bond motifs is 1. The topological polar surface area (TPSA) is 65.0 Å². The first-order valence-corrected chi connectivity index (χ1v) is 13.4. The lowest BCUT2D eigenvalue weighted by Gasteiger charge is -2.24. The summed E-state index contributed by atoms with van der Waals surface area (Å²) in [4.78, 5) is 12.2. The minimum Gasteiger partial charge on any atom is -0.457 e. The summed E-state index contributed by atoms with van der Waals surface area (Å²) in [6.45, 7) is 6.44. The molecule has 2 rings (SSSR count). The van der Waals surface area contributed by atoms with Crippen molar-refractivity contribution >= 4 is 5.97 Å². The fraction of sp³-hybridized carbons (Fsp3) is 0.889. The second-order valence-corrected chi connectivity index (χ2v) is 9.85. The van der Waals surface area contributed by atoms with Crippen molar-refractivity contribution in [3.05, 3.63) is 12.7 Å². The summed E-state index contributed by atoms with van der Waals surface area (Å²) >= 11 is 0. The molecular weight excluding hydrogens is 404 g/mol. The molecule has 2 aliphatic rings. The van der Waals surface area contributed by atoms with Crippen LogP contribution in [-0.4, -0.2) is 48.2 Å². The number of esters is 1. The van der Waals surface area contributed by atoms with Gasteiger partial charge >= 0.3 is 5.97 Å². The summed E-state index contributed by atoms with van der Waals surface area (Å²) in [6, 6.07) is 0. The van der Waals surface area contributed by atoms with Gasteiger partial charge < -0.3 is 19.3 Å². The third-order valence-electron chi connectivity index (χ3n) is 6.93. The molecule has 4 atom stereocenters. The van der Waals surface area contributed by atoms with Crippen LogP contribution in [0, 0.1) is 0 Å². The molecule has 5 nitrogen and oxygen atoms in total. The Labute approximate surface area is 196 Å². The molecule has 0 spiro atoms. The Morgan fingerprint density at radius 3 is 2.00 bits per heavy atom. The van der Waals surface area contributed by atoms with E-state index in [0.717, 1.165) is 12.8 Å². The number of aliphatic hydroxyl groups is 1. The monoisotopic (exact) mass is 452 g/mol. The van der Waals surface area contributed by atoms with Gasteiger partial charge in [-0.25, -0.2) is 0 Å². The Hall–Kier alpha value is -0.910.